The lowest BCUT2D eigenvalue weighted by Crippen LogP contribution is -2.35. The molecule has 0 saturated carbocycles. The lowest BCUT2D eigenvalue weighted by molar-refractivity contribution is -0.156. The van der Waals surface area contributed by atoms with Gasteiger partial charge < -0.3 is 9.84 Å². The van der Waals surface area contributed by atoms with Gasteiger partial charge in [-0.1, -0.05) is 34.6 Å². The van der Waals surface area contributed by atoms with Crippen LogP contribution in [-0.4, -0.2) is 23.3 Å². The monoisotopic (exact) mass is 216 g/mol. The third kappa shape index (κ3) is 4.65. The lowest BCUT2D eigenvalue weighted by atomic mass is 9.91. The Morgan fingerprint density at radius 3 is 1.87 bits per heavy atom. The molecule has 90 valence electrons. The van der Waals surface area contributed by atoms with Gasteiger partial charge in [-0.3, -0.25) is 4.79 Å². The van der Waals surface area contributed by atoms with Gasteiger partial charge in [-0.25, -0.2) is 0 Å². The highest BCUT2D eigenvalue weighted by Gasteiger charge is 2.26. The summed E-state index contributed by atoms with van der Waals surface area (Å²) in [5.74, 6) is -0.172. The van der Waals surface area contributed by atoms with Crippen LogP contribution in [0.2, 0.25) is 0 Å². The van der Waals surface area contributed by atoms with Crippen LogP contribution >= 0.6 is 0 Å². The number of carbonyl (C=O) groups excluding carboxylic acids is 1. The second-order valence-electron chi connectivity index (χ2n) is 4.89. The standard InChI is InChI=1S/C12H24O3/c1-7(2)11(13)9(5)10(6)15-12(14)8(3)4/h7-11,13H,1-6H3. The molecule has 0 amide bonds. The fraction of sp³-hybridized carbons (Fsp3) is 0.917. The molecule has 1 N–H and O–H groups in total. The van der Waals surface area contributed by atoms with Crippen molar-refractivity contribution in [3.05, 3.63) is 0 Å². The Hall–Kier alpha value is -0.570. The van der Waals surface area contributed by atoms with Gasteiger partial charge in [-0.15, -0.1) is 0 Å². The first-order valence-corrected chi connectivity index (χ1v) is 5.65. The molecule has 0 aromatic rings. The molecule has 0 aromatic heterocycles. The van der Waals surface area contributed by atoms with E-state index in [1.54, 1.807) is 13.8 Å². The summed E-state index contributed by atoms with van der Waals surface area (Å²) in [6.45, 7) is 11.3. The van der Waals surface area contributed by atoms with E-state index in [0.29, 0.717) is 0 Å². The summed E-state index contributed by atoms with van der Waals surface area (Å²) in [4.78, 5) is 11.3. The zero-order chi connectivity index (χ0) is 12.2. The molecule has 0 rings (SSSR count). The molecular weight excluding hydrogens is 192 g/mol. The molecule has 0 aliphatic rings. The second kappa shape index (κ2) is 6.11. The summed E-state index contributed by atoms with van der Waals surface area (Å²) in [6, 6.07) is 0. The Bertz CT molecular complexity index is 199. The molecule has 0 aliphatic heterocycles. The lowest BCUT2D eigenvalue weighted by Gasteiger charge is -2.27. The van der Waals surface area contributed by atoms with Crippen molar-refractivity contribution in [2.45, 2.75) is 53.8 Å². The third-order valence-electron chi connectivity index (χ3n) is 2.74. The van der Waals surface area contributed by atoms with E-state index in [1.807, 2.05) is 27.7 Å². The Morgan fingerprint density at radius 1 is 1.07 bits per heavy atom. The Morgan fingerprint density at radius 2 is 1.53 bits per heavy atom. The van der Waals surface area contributed by atoms with Gasteiger partial charge in [-0.05, 0) is 12.8 Å². The van der Waals surface area contributed by atoms with Crippen LogP contribution in [0.15, 0.2) is 0 Å². The molecular formula is C12H24O3. The van der Waals surface area contributed by atoms with E-state index in [2.05, 4.69) is 0 Å². The van der Waals surface area contributed by atoms with E-state index in [-0.39, 0.29) is 29.8 Å². The number of rotatable bonds is 5. The summed E-state index contributed by atoms with van der Waals surface area (Å²) in [7, 11) is 0. The molecule has 0 heterocycles. The topological polar surface area (TPSA) is 46.5 Å². The van der Waals surface area contributed by atoms with Crippen molar-refractivity contribution >= 4 is 5.97 Å². The molecule has 15 heavy (non-hydrogen) atoms. The minimum Gasteiger partial charge on any atom is -0.462 e. The van der Waals surface area contributed by atoms with Gasteiger partial charge >= 0.3 is 5.97 Å². The highest BCUT2D eigenvalue weighted by Crippen LogP contribution is 2.19. The first-order chi connectivity index (χ1) is 6.77. The summed E-state index contributed by atoms with van der Waals surface area (Å²) < 4.78 is 5.25. The van der Waals surface area contributed by atoms with Crippen molar-refractivity contribution in [3.8, 4) is 0 Å². The molecule has 0 aliphatic carbocycles. The van der Waals surface area contributed by atoms with Crippen LogP contribution in [0.1, 0.15) is 41.5 Å². The number of aliphatic hydroxyl groups excluding tert-OH is 1. The molecule has 0 bridgehead atoms. The highest BCUT2D eigenvalue weighted by molar-refractivity contribution is 5.71. The van der Waals surface area contributed by atoms with E-state index in [4.69, 9.17) is 4.74 Å². The maximum atomic E-state index is 11.3. The SMILES string of the molecule is CC(C)C(=O)OC(C)C(C)C(O)C(C)C. The highest BCUT2D eigenvalue weighted by atomic mass is 16.5. The van der Waals surface area contributed by atoms with Crippen LogP contribution in [0.4, 0.5) is 0 Å². The van der Waals surface area contributed by atoms with Crippen molar-refractivity contribution in [2.75, 3.05) is 0 Å². The first kappa shape index (κ1) is 14.4. The van der Waals surface area contributed by atoms with Crippen LogP contribution in [0.5, 0.6) is 0 Å². The predicted molar refractivity (Wildman–Crippen MR) is 60.4 cm³/mol. The van der Waals surface area contributed by atoms with Gasteiger partial charge in [0.15, 0.2) is 0 Å². The van der Waals surface area contributed by atoms with Crippen molar-refractivity contribution in [1.29, 1.82) is 0 Å². The van der Waals surface area contributed by atoms with E-state index in [9.17, 15) is 9.90 Å². The Kier molecular flexibility index (Phi) is 5.88. The van der Waals surface area contributed by atoms with Gasteiger partial charge in [0.25, 0.3) is 0 Å². The smallest absolute Gasteiger partial charge is 0.308 e. The maximum absolute atomic E-state index is 11.3. The van der Waals surface area contributed by atoms with E-state index in [0.717, 1.165) is 0 Å². The normalized spacial score (nSPS) is 17.7. The van der Waals surface area contributed by atoms with Crippen LogP contribution in [0, 0.1) is 17.8 Å². The molecule has 0 fully saturated rings. The average Bonchev–Trinajstić information content (AvgIpc) is 2.14. The number of hydrogen-bond donors (Lipinski definition) is 1. The van der Waals surface area contributed by atoms with E-state index >= 15 is 0 Å². The predicted octanol–water partition coefficient (Wildman–Crippen LogP) is 2.23. The minimum absolute atomic E-state index is 0.0345. The van der Waals surface area contributed by atoms with Crippen LogP contribution < -0.4 is 0 Å². The largest absolute Gasteiger partial charge is 0.462 e. The summed E-state index contributed by atoms with van der Waals surface area (Å²) >= 11 is 0. The number of ether oxygens (including phenoxy) is 1. The minimum atomic E-state index is -0.431. The molecule has 3 nitrogen and oxygen atoms in total. The molecule has 0 spiro atoms. The van der Waals surface area contributed by atoms with Crippen LogP contribution in [-0.2, 0) is 9.53 Å². The molecule has 0 saturated heterocycles. The van der Waals surface area contributed by atoms with Crippen molar-refractivity contribution in [2.24, 2.45) is 17.8 Å². The number of hydrogen-bond acceptors (Lipinski definition) is 3. The zero-order valence-corrected chi connectivity index (χ0v) is 10.7. The van der Waals surface area contributed by atoms with Crippen molar-refractivity contribution in [3.63, 3.8) is 0 Å². The Balaban J connectivity index is 4.21. The number of esters is 1. The fourth-order valence-corrected chi connectivity index (χ4v) is 1.31. The van der Waals surface area contributed by atoms with Gasteiger partial charge in [0.1, 0.15) is 6.10 Å². The van der Waals surface area contributed by atoms with Gasteiger partial charge in [-0.2, -0.15) is 0 Å². The fourth-order valence-electron chi connectivity index (χ4n) is 1.31. The van der Waals surface area contributed by atoms with Gasteiger partial charge in [0.05, 0.1) is 12.0 Å². The third-order valence-corrected chi connectivity index (χ3v) is 2.74. The first-order valence-electron chi connectivity index (χ1n) is 5.65. The molecule has 0 aromatic carbocycles. The number of aliphatic hydroxyl groups is 1. The summed E-state index contributed by atoms with van der Waals surface area (Å²) in [5.41, 5.74) is 0. The number of carbonyl (C=O) groups is 1. The van der Waals surface area contributed by atoms with E-state index in [1.165, 1.54) is 0 Å². The quantitative estimate of drug-likeness (QED) is 0.717. The summed E-state index contributed by atoms with van der Waals surface area (Å²) in [5, 5.41) is 9.83. The van der Waals surface area contributed by atoms with Gasteiger partial charge in [0, 0.05) is 5.92 Å². The molecule has 0 radical (unpaired) electrons. The molecule has 3 heteroatoms. The van der Waals surface area contributed by atoms with Crippen molar-refractivity contribution in [1.82, 2.24) is 0 Å². The van der Waals surface area contributed by atoms with Crippen LogP contribution in [0.25, 0.3) is 0 Å². The van der Waals surface area contributed by atoms with Crippen molar-refractivity contribution < 1.29 is 14.6 Å². The molecule has 3 atom stereocenters. The van der Waals surface area contributed by atoms with Crippen LogP contribution in [0.3, 0.4) is 0 Å². The summed E-state index contributed by atoms with van der Waals surface area (Å²) in [6.07, 6.45) is -0.669. The average molecular weight is 216 g/mol. The molecule has 3 unspecified atom stereocenters. The van der Waals surface area contributed by atoms with Gasteiger partial charge in [0.2, 0.25) is 0 Å². The zero-order valence-electron chi connectivity index (χ0n) is 10.7. The Labute approximate surface area is 92.8 Å². The second-order valence-corrected chi connectivity index (χ2v) is 4.89. The van der Waals surface area contributed by atoms with E-state index < -0.39 is 6.10 Å². The maximum Gasteiger partial charge on any atom is 0.308 e.